The smallest absolute Gasteiger partial charge is 0.407 e. The van der Waals surface area contributed by atoms with E-state index >= 15 is 0 Å². The van der Waals surface area contributed by atoms with Gasteiger partial charge in [-0.15, -0.1) is 0 Å². The van der Waals surface area contributed by atoms with Gasteiger partial charge in [0.15, 0.2) is 0 Å². The van der Waals surface area contributed by atoms with E-state index < -0.39 is 11.7 Å². The zero-order chi connectivity index (χ0) is 18.4. The maximum atomic E-state index is 11.7. The molecule has 0 saturated carbocycles. The largest absolute Gasteiger partial charge is 0.481 e. The summed E-state index contributed by atoms with van der Waals surface area (Å²) in [6.07, 6.45) is -0.434. The molecular formula is C19H25N3O3. The number of ether oxygens (including phenoxy) is 2. The maximum absolute atomic E-state index is 11.7. The van der Waals surface area contributed by atoms with Gasteiger partial charge in [0, 0.05) is 18.3 Å². The third-order valence-electron chi connectivity index (χ3n) is 3.19. The lowest BCUT2D eigenvalue weighted by Crippen LogP contribution is -2.32. The minimum absolute atomic E-state index is 0.384. The fraction of sp³-hybridized carbons (Fsp3) is 0.368. The molecule has 2 aromatic rings. The first-order chi connectivity index (χ1) is 11.7. The summed E-state index contributed by atoms with van der Waals surface area (Å²) >= 11 is 0. The van der Waals surface area contributed by atoms with Crippen molar-refractivity contribution in [2.24, 2.45) is 0 Å². The van der Waals surface area contributed by atoms with Crippen LogP contribution in [0.5, 0.6) is 5.88 Å². The molecule has 0 radical (unpaired) electrons. The lowest BCUT2D eigenvalue weighted by Gasteiger charge is -2.19. The Hall–Kier alpha value is -2.76. The lowest BCUT2D eigenvalue weighted by molar-refractivity contribution is 0.0523. The van der Waals surface area contributed by atoms with Gasteiger partial charge in [0.2, 0.25) is 5.88 Å². The van der Waals surface area contributed by atoms with Gasteiger partial charge in [-0.25, -0.2) is 4.79 Å². The van der Waals surface area contributed by atoms with Gasteiger partial charge in [-0.3, -0.25) is 0 Å². The van der Waals surface area contributed by atoms with Gasteiger partial charge in [-0.1, -0.05) is 12.1 Å². The number of rotatable bonds is 5. The molecule has 6 heteroatoms. The molecule has 134 valence electrons. The van der Waals surface area contributed by atoms with Crippen molar-refractivity contribution in [2.75, 3.05) is 12.4 Å². The van der Waals surface area contributed by atoms with Gasteiger partial charge in [0.25, 0.3) is 0 Å². The maximum Gasteiger partial charge on any atom is 0.407 e. The van der Waals surface area contributed by atoms with E-state index in [2.05, 4.69) is 15.6 Å². The van der Waals surface area contributed by atoms with Crippen LogP contribution >= 0.6 is 0 Å². The number of hydrogen-bond acceptors (Lipinski definition) is 5. The average Bonchev–Trinajstić information content (AvgIpc) is 2.51. The van der Waals surface area contributed by atoms with E-state index in [0.29, 0.717) is 18.2 Å². The molecule has 0 saturated heterocycles. The minimum atomic E-state index is -0.511. The quantitative estimate of drug-likeness (QED) is 0.852. The molecule has 1 aromatic heterocycles. The molecule has 0 spiro atoms. The number of aryl methyl sites for hydroxylation is 1. The first kappa shape index (κ1) is 18.6. The molecule has 1 amide bonds. The van der Waals surface area contributed by atoms with Crippen LogP contribution in [0.3, 0.4) is 0 Å². The predicted molar refractivity (Wildman–Crippen MR) is 98.3 cm³/mol. The first-order valence-electron chi connectivity index (χ1n) is 8.11. The molecule has 2 N–H and O–H groups in total. The summed E-state index contributed by atoms with van der Waals surface area (Å²) in [5, 5.41) is 6.00. The van der Waals surface area contributed by atoms with E-state index in [1.54, 1.807) is 7.11 Å². The molecule has 0 aliphatic rings. The summed E-state index contributed by atoms with van der Waals surface area (Å²) < 4.78 is 10.4. The highest BCUT2D eigenvalue weighted by molar-refractivity contribution is 5.68. The third kappa shape index (κ3) is 6.33. The van der Waals surface area contributed by atoms with Crippen molar-refractivity contribution in [2.45, 2.75) is 39.8 Å². The van der Waals surface area contributed by atoms with Crippen LogP contribution in [-0.2, 0) is 11.3 Å². The number of methoxy groups -OCH3 is 1. The first-order valence-corrected chi connectivity index (χ1v) is 8.11. The van der Waals surface area contributed by atoms with Crippen LogP contribution in [0.1, 0.15) is 31.9 Å². The third-order valence-corrected chi connectivity index (χ3v) is 3.19. The highest BCUT2D eigenvalue weighted by atomic mass is 16.6. The molecule has 1 aromatic carbocycles. The van der Waals surface area contributed by atoms with Gasteiger partial charge in [0.1, 0.15) is 11.4 Å². The Balaban J connectivity index is 2.01. The zero-order valence-corrected chi connectivity index (χ0v) is 15.3. The molecule has 0 fully saturated rings. The molecule has 1 heterocycles. The highest BCUT2D eigenvalue weighted by Crippen LogP contribution is 2.20. The normalized spacial score (nSPS) is 10.9. The van der Waals surface area contributed by atoms with E-state index in [4.69, 9.17) is 9.47 Å². The Morgan fingerprint density at radius 2 is 1.96 bits per heavy atom. The van der Waals surface area contributed by atoms with Crippen LogP contribution < -0.4 is 15.4 Å². The SMILES string of the molecule is COc1cc(C)cc(Nc2cccc(CNC(=O)OC(C)(C)C)c2)n1. The summed E-state index contributed by atoms with van der Waals surface area (Å²) in [4.78, 5) is 16.1. The Bertz CT molecular complexity index is 739. The van der Waals surface area contributed by atoms with Gasteiger partial charge < -0.3 is 20.1 Å². The fourth-order valence-corrected chi connectivity index (χ4v) is 2.20. The number of nitrogens with zero attached hydrogens (tertiary/aromatic N) is 1. The number of nitrogens with one attached hydrogen (secondary N) is 2. The number of pyridine rings is 1. The molecule has 0 atom stereocenters. The standard InChI is InChI=1S/C19H25N3O3/c1-13-9-16(22-17(10-13)24-5)21-15-8-6-7-14(11-15)12-20-18(23)25-19(2,3)4/h6-11H,12H2,1-5H3,(H,20,23)(H,21,22). The van der Waals surface area contributed by atoms with Crippen LogP contribution in [0, 0.1) is 6.92 Å². The summed E-state index contributed by atoms with van der Waals surface area (Å²) in [6.45, 7) is 7.87. The van der Waals surface area contributed by atoms with Crippen molar-refractivity contribution >= 4 is 17.6 Å². The second-order valence-electron chi connectivity index (χ2n) is 6.75. The number of benzene rings is 1. The highest BCUT2D eigenvalue weighted by Gasteiger charge is 2.15. The molecule has 0 aliphatic carbocycles. The van der Waals surface area contributed by atoms with Crippen molar-refractivity contribution in [3.63, 3.8) is 0 Å². The number of hydrogen-bond donors (Lipinski definition) is 2. The van der Waals surface area contributed by atoms with E-state index in [9.17, 15) is 4.79 Å². The summed E-state index contributed by atoms with van der Waals surface area (Å²) in [6, 6.07) is 11.6. The van der Waals surface area contributed by atoms with Crippen LogP contribution in [0.15, 0.2) is 36.4 Å². The summed E-state index contributed by atoms with van der Waals surface area (Å²) in [5.41, 5.74) is 2.37. The van der Waals surface area contributed by atoms with Gasteiger partial charge in [-0.2, -0.15) is 4.98 Å². The zero-order valence-electron chi connectivity index (χ0n) is 15.3. The molecule has 0 bridgehead atoms. The predicted octanol–water partition coefficient (Wildman–Crippen LogP) is 4.17. The van der Waals surface area contributed by atoms with Crippen molar-refractivity contribution < 1.29 is 14.3 Å². The van der Waals surface area contributed by atoms with Crippen LogP contribution in [0.2, 0.25) is 0 Å². The number of alkyl carbamates (subject to hydrolysis) is 1. The number of aromatic nitrogens is 1. The van der Waals surface area contributed by atoms with Crippen LogP contribution in [-0.4, -0.2) is 23.8 Å². The molecular weight excluding hydrogens is 318 g/mol. The Morgan fingerprint density at radius 1 is 1.20 bits per heavy atom. The number of carbonyl (C=O) groups is 1. The molecule has 25 heavy (non-hydrogen) atoms. The van der Waals surface area contributed by atoms with Crippen molar-refractivity contribution in [1.82, 2.24) is 10.3 Å². The minimum Gasteiger partial charge on any atom is -0.481 e. The van der Waals surface area contributed by atoms with Gasteiger partial charge in [-0.05, 0) is 57.0 Å². The lowest BCUT2D eigenvalue weighted by atomic mass is 10.2. The second kappa shape index (κ2) is 7.88. The van der Waals surface area contributed by atoms with Crippen LogP contribution in [0.4, 0.5) is 16.3 Å². The number of carbonyl (C=O) groups excluding carboxylic acids is 1. The van der Waals surface area contributed by atoms with E-state index in [1.807, 2.05) is 64.1 Å². The molecule has 2 rings (SSSR count). The van der Waals surface area contributed by atoms with E-state index in [1.165, 1.54) is 0 Å². The Labute approximate surface area is 148 Å². The average molecular weight is 343 g/mol. The Kier molecular flexibility index (Phi) is 5.85. The molecule has 6 nitrogen and oxygen atoms in total. The van der Waals surface area contributed by atoms with Gasteiger partial charge >= 0.3 is 6.09 Å². The fourth-order valence-electron chi connectivity index (χ4n) is 2.20. The molecule has 0 unspecified atom stereocenters. The van der Waals surface area contributed by atoms with Crippen molar-refractivity contribution in [3.8, 4) is 5.88 Å². The van der Waals surface area contributed by atoms with Crippen molar-refractivity contribution in [3.05, 3.63) is 47.5 Å². The van der Waals surface area contributed by atoms with Gasteiger partial charge in [0.05, 0.1) is 7.11 Å². The Morgan fingerprint density at radius 3 is 2.64 bits per heavy atom. The van der Waals surface area contributed by atoms with E-state index in [-0.39, 0.29) is 0 Å². The monoisotopic (exact) mass is 343 g/mol. The van der Waals surface area contributed by atoms with Crippen molar-refractivity contribution in [1.29, 1.82) is 0 Å². The topological polar surface area (TPSA) is 72.5 Å². The van der Waals surface area contributed by atoms with Crippen LogP contribution in [0.25, 0.3) is 0 Å². The molecule has 0 aliphatic heterocycles. The van der Waals surface area contributed by atoms with E-state index in [0.717, 1.165) is 16.8 Å². The number of anilines is 2. The summed E-state index contributed by atoms with van der Waals surface area (Å²) in [7, 11) is 1.59. The number of amides is 1. The summed E-state index contributed by atoms with van der Waals surface area (Å²) in [5.74, 6) is 1.26. The second-order valence-corrected chi connectivity index (χ2v) is 6.75.